The molecule has 1 atom stereocenters. The lowest BCUT2D eigenvalue weighted by Gasteiger charge is -2.39. The van der Waals surface area contributed by atoms with Gasteiger partial charge >= 0.3 is 0 Å². The molecule has 92 valence electrons. The van der Waals surface area contributed by atoms with E-state index in [1.165, 1.54) is 0 Å². The Balaban J connectivity index is 2.73. The van der Waals surface area contributed by atoms with E-state index in [1.54, 1.807) is 0 Å². The molecule has 0 saturated heterocycles. The van der Waals surface area contributed by atoms with Gasteiger partial charge in [0.15, 0.2) is 14.1 Å². The van der Waals surface area contributed by atoms with Gasteiger partial charge in [0.1, 0.15) is 0 Å². The average Bonchev–Trinajstić information content (AvgIpc) is 2.09. The summed E-state index contributed by atoms with van der Waals surface area (Å²) in [5.41, 5.74) is 0. The third-order valence-electron chi connectivity index (χ3n) is 3.51. The van der Waals surface area contributed by atoms with Crippen LogP contribution in [0.1, 0.15) is 33.6 Å². The zero-order valence-electron chi connectivity index (χ0n) is 10.8. The van der Waals surface area contributed by atoms with Crippen LogP contribution in [0, 0.1) is 0 Å². The van der Waals surface area contributed by atoms with E-state index in [-0.39, 0.29) is 16.9 Å². The Morgan fingerprint density at radius 2 is 2.00 bits per heavy atom. The molecule has 0 fully saturated rings. The highest BCUT2D eigenvalue weighted by Gasteiger charge is 2.39. The second kappa shape index (κ2) is 4.74. The molecule has 0 unspecified atom stereocenters. The van der Waals surface area contributed by atoms with Crippen LogP contribution in [0.15, 0.2) is 10.6 Å². The van der Waals surface area contributed by atoms with E-state index in [2.05, 4.69) is 49.8 Å². The first-order valence-electron chi connectivity index (χ1n) is 5.72. The van der Waals surface area contributed by atoms with E-state index in [4.69, 9.17) is 4.43 Å². The van der Waals surface area contributed by atoms with Gasteiger partial charge in [-0.3, -0.25) is 4.79 Å². The molecule has 0 saturated carbocycles. The molecular weight excluding hydrogens is 284 g/mol. The summed E-state index contributed by atoms with van der Waals surface area (Å²) in [5, 5.41) is 0.217. The van der Waals surface area contributed by atoms with Gasteiger partial charge in [-0.2, -0.15) is 0 Å². The highest BCUT2D eigenvalue weighted by atomic mass is 79.9. The van der Waals surface area contributed by atoms with Crippen molar-refractivity contribution in [1.29, 1.82) is 0 Å². The van der Waals surface area contributed by atoms with Crippen LogP contribution >= 0.6 is 15.9 Å². The van der Waals surface area contributed by atoms with Gasteiger partial charge in [-0.15, -0.1) is 0 Å². The van der Waals surface area contributed by atoms with Crippen LogP contribution in [0.25, 0.3) is 0 Å². The second-order valence-electron chi connectivity index (χ2n) is 5.89. The second-order valence-corrected chi connectivity index (χ2v) is 11.5. The summed E-state index contributed by atoms with van der Waals surface area (Å²) in [5.74, 6) is 0.190. The van der Waals surface area contributed by atoms with Crippen molar-refractivity contribution in [3.8, 4) is 0 Å². The first-order valence-corrected chi connectivity index (χ1v) is 9.42. The van der Waals surface area contributed by atoms with Gasteiger partial charge in [0, 0.05) is 6.42 Å². The SMILES string of the molecule is CC(C)(C)[Si](C)(C)O[C@H]1C=C(Br)C(=O)CC1. The summed E-state index contributed by atoms with van der Waals surface area (Å²) >= 11 is 3.30. The standard InChI is InChI=1S/C12H21BrO2Si/c1-12(2,3)16(4,5)15-9-6-7-11(14)10(13)8-9/h8-9H,6-7H2,1-5H3/t9-/m1/s1. The van der Waals surface area contributed by atoms with Gasteiger partial charge in [0.2, 0.25) is 0 Å². The molecular formula is C12H21BrO2Si. The normalized spacial score (nSPS) is 23.2. The Morgan fingerprint density at radius 3 is 2.44 bits per heavy atom. The molecule has 0 radical (unpaired) electrons. The van der Waals surface area contributed by atoms with Gasteiger partial charge in [-0.1, -0.05) is 20.8 Å². The fraction of sp³-hybridized carbons (Fsp3) is 0.750. The van der Waals surface area contributed by atoms with E-state index in [9.17, 15) is 4.79 Å². The zero-order chi connectivity index (χ0) is 12.6. The average molecular weight is 305 g/mol. The van der Waals surface area contributed by atoms with E-state index in [1.807, 2.05) is 6.08 Å². The summed E-state index contributed by atoms with van der Waals surface area (Å²) in [4.78, 5) is 11.3. The molecule has 0 amide bonds. The van der Waals surface area contributed by atoms with Crippen LogP contribution in [-0.2, 0) is 9.22 Å². The smallest absolute Gasteiger partial charge is 0.192 e. The van der Waals surface area contributed by atoms with E-state index >= 15 is 0 Å². The Hall–Kier alpha value is 0.0669. The van der Waals surface area contributed by atoms with Gasteiger partial charge in [-0.05, 0) is 46.6 Å². The van der Waals surface area contributed by atoms with Crippen LogP contribution in [-0.4, -0.2) is 20.2 Å². The number of halogens is 1. The molecule has 16 heavy (non-hydrogen) atoms. The third kappa shape index (κ3) is 3.28. The van der Waals surface area contributed by atoms with Crippen LogP contribution < -0.4 is 0 Å². The Kier molecular flexibility index (Phi) is 4.19. The topological polar surface area (TPSA) is 26.3 Å². The molecule has 0 aromatic heterocycles. The number of hydrogen-bond donors (Lipinski definition) is 0. The summed E-state index contributed by atoms with van der Waals surface area (Å²) in [6.45, 7) is 11.2. The van der Waals surface area contributed by atoms with Gasteiger partial charge in [-0.25, -0.2) is 0 Å². The molecule has 0 N–H and O–H groups in total. The van der Waals surface area contributed by atoms with Gasteiger partial charge in [0.05, 0.1) is 10.6 Å². The van der Waals surface area contributed by atoms with Gasteiger partial charge in [0.25, 0.3) is 0 Å². The minimum absolute atomic E-state index is 0.105. The maximum atomic E-state index is 11.3. The summed E-state index contributed by atoms with van der Waals surface area (Å²) in [6, 6.07) is 0. The minimum Gasteiger partial charge on any atom is -0.410 e. The monoisotopic (exact) mass is 304 g/mol. The number of Topliss-reactive ketones (excluding diaryl/α,β-unsaturated/α-hetero) is 1. The van der Waals surface area contributed by atoms with Crippen molar-refractivity contribution in [2.75, 3.05) is 0 Å². The van der Waals surface area contributed by atoms with Crippen LogP contribution in [0.3, 0.4) is 0 Å². The minimum atomic E-state index is -1.72. The molecule has 0 heterocycles. The van der Waals surface area contributed by atoms with Crippen LogP contribution in [0.2, 0.25) is 18.1 Å². The maximum Gasteiger partial charge on any atom is 0.192 e. The molecule has 1 aliphatic carbocycles. The molecule has 0 aliphatic heterocycles. The quantitative estimate of drug-likeness (QED) is 0.720. The van der Waals surface area contributed by atoms with Crippen molar-refractivity contribution in [3.05, 3.63) is 10.6 Å². The molecule has 0 aromatic rings. The molecule has 4 heteroatoms. The molecule has 0 aromatic carbocycles. The predicted octanol–water partition coefficient (Wildman–Crippen LogP) is 4.02. The summed E-state index contributed by atoms with van der Waals surface area (Å²) in [6.07, 6.45) is 3.44. The van der Waals surface area contributed by atoms with Crippen molar-refractivity contribution in [2.24, 2.45) is 0 Å². The highest BCUT2D eigenvalue weighted by Crippen LogP contribution is 2.38. The fourth-order valence-corrected chi connectivity index (χ4v) is 3.17. The maximum absolute atomic E-state index is 11.3. The lowest BCUT2D eigenvalue weighted by molar-refractivity contribution is -0.115. The number of allylic oxidation sites excluding steroid dienone is 1. The lowest BCUT2D eigenvalue weighted by atomic mass is 10.0. The van der Waals surface area contributed by atoms with Crippen LogP contribution in [0.4, 0.5) is 0 Å². The predicted molar refractivity (Wildman–Crippen MR) is 73.3 cm³/mol. The number of hydrogen-bond acceptors (Lipinski definition) is 2. The molecule has 1 rings (SSSR count). The van der Waals surface area contributed by atoms with E-state index in [0.717, 1.165) is 6.42 Å². The largest absolute Gasteiger partial charge is 0.410 e. The number of rotatable bonds is 2. The molecule has 0 bridgehead atoms. The van der Waals surface area contributed by atoms with Crippen molar-refractivity contribution in [3.63, 3.8) is 0 Å². The Bertz CT molecular complexity index is 315. The van der Waals surface area contributed by atoms with E-state index < -0.39 is 8.32 Å². The van der Waals surface area contributed by atoms with Crippen molar-refractivity contribution < 1.29 is 9.22 Å². The number of carbonyl (C=O) groups excluding carboxylic acids is 1. The number of carbonyl (C=O) groups is 1. The first-order chi connectivity index (χ1) is 7.13. The Labute approximate surface area is 108 Å². The molecule has 0 spiro atoms. The first kappa shape index (κ1) is 14.1. The Morgan fingerprint density at radius 1 is 1.44 bits per heavy atom. The lowest BCUT2D eigenvalue weighted by Crippen LogP contribution is -2.44. The van der Waals surface area contributed by atoms with Gasteiger partial charge < -0.3 is 4.43 Å². The summed E-state index contributed by atoms with van der Waals surface area (Å²) < 4.78 is 6.93. The zero-order valence-corrected chi connectivity index (χ0v) is 13.3. The van der Waals surface area contributed by atoms with E-state index in [0.29, 0.717) is 10.9 Å². The third-order valence-corrected chi connectivity index (χ3v) is 8.72. The summed E-state index contributed by atoms with van der Waals surface area (Å²) in [7, 11) is -1.72. The van der Waals surface area contributed by atoms with Crippen LogP contribution in [0.5, 0.6) is 0 Å². The fourth-order valence-electron chi connectivity index (χ4n) is 1.38. The highest BCUT2D eigenvalue weighted by molar-refractivity contribution is 9.12. The van der Waals surface area contributed by atoms with Crippen molar-refractivity contribution in [2.45, 2.75) is 57.8 Å². The molecule has 2 nitrogen and oxygen atoms in total. The van der Waals surface area contributed by atoms with Crippen molar-refractivity contribution in [1.82, 2.24) is 0 Å². The molecule has 1 aliphatic rings. The number of ketones is 1. The van der Waals surface area contributed by atoms with Crippen molar-refractivity contribution >= 4 is 30.0 Å².